The number of carbonyl (C=O) groups excluding carboxylic acids is 1. The number of nitrogens with one attached hydrogen (secondary N) is 2. The Morgan fingerprint density at radius 1 is 1.08 bits per heavy atom. The van der Waals surface area contributed by atoms with E-state index < -0.39 is 0 Å². The predicted octanol–water partition coefficient (Wildman–Crippen LogP) is 2.90. The molecule has 1 fully saturated rings. The number of aryl methyl sites for hydroxylation is 1. The molecule has 2 aliphatic rings. The molecule has 2 N–H and O–H groups in total. The lowest BCUT2D eigenvalue weighted by atomic mass is 9.87. The first-order valence-corrected chi connectivity index (χ1v) is 9.26. The standard InChI is InChI=1S/C21H25N3O/c25-21(23-20-10-4-6-16-5-1-2-9-19(16)20)17-7-3-8-18(15-17)24-13-11-22-12-14-24/h1-3,5,7-9,15,20,22H,4,6,10-14H2,(H,23,25)/t20-/m1/s1. The molecule has 2 aromatic rings. The fourth-order valence-corrected chi connectivity index (χ4v) is 3.91. The zero-order valence-electron chi connectivity index (χ0n) is 14.5. The zero-order chi connectivity index (χ0) is 17.1. The molecular weight excluding hydrogens is 310 g/mol. The Morgan fingerprint density at radius 3 is 2.80 bits per heavy atom. The summed E-state index contributed by atoms with van der Waals surface area (Å²) in [6, 6.07) is 16.6. The number of rotatable bonds is 3. The van der Waals surface area contributed by atoms with E-state index in [0.29, 0.717) is 0 Å². The molecule has 0 bridgehead atoms. The van der Waals surface area contributed by atoms with Crippen molar-refractivity contribution < 1.29 is 4.79 Å². The molecule has 1 heterocycles. The second kappa shape index (κ2) is 7.28. The van der Waals surface area contributed by atoms with Gasteiger partial charge in [0.25, 0.3) is 5.91 Å². The summed E-state index contributed by atoms with van der Waals surface area (Å²) >= 11 is 0. The first-order chi connectivity index (χ1) is 12.3. The SMILES string of the molecule is O=C(N[C@@H]1CCCc2ccccc21)c1cccc(N2CCNCC2)c1. The first kappa shape index (κ1) is 16.2. The average molecular weight is 335 g/mol. The number of carbonyl (C=O) groups is 1. The molecule has 1 saturated heterocycles. The monoisotopic (exact) mass is 335 g/mol. The molecule has 25 heavy (non-hydrogen) atoms. The fourth-order valence-electron chi connectivity index (χ4n) is 3.91. The second-order valence-electron chi connectivity index (χ2n) is 6.90. The highest BCUT2D eigenvalue weighted by Gasteiger charge is 2.22. The molecular formula is C21H25N3O. The van der Waals surface area contributed by atoms with Crippen molar-refractivity contribution in [3.63, 3.8) is 0 Å². The number of piperazine rings is 1. The van der Waals surface area contributed by atoms with Crippen LogP contribution in [0.3, 0.4) is 0 Å². The van der Waals surface area contributed by atoms with Gasteiger partial charge in [-0.25, -0.2) is 0 Å². The van der Waals surface area contributed by atoms with Gasteiger partial charge in [0.1, 0.15) is 0 Å². The molecule has 0 aromatic heterocycles. The minimum absolute atomic E-state index is 0.0266. The van der Waals surface area contributed by atoms with Gasteiger partial charge in [-0.3, -0.25) is 4.79 Å². The van der Waals surface area contributed by atoms with Gasteiger partial charge in [-0.05, 0) is 48.6 Å². The minimum atomic E-state index is 0.0266. The Kier molecular flexibility index (Phi) is 4.70. The molecule has 2 aromatic carbocycles. The first-order valence-electron chi connectivity index (χ1n) is 9.26. The summed E-state index contributed by atoms with van der Waals surface area (Å²) in [6.45, 7) is 3.96. The highest BCUT2D eigenvalue weighted by molar-refractivity contribution is 5.95. The number of anilines is 1. The molecule has 4 heteroatoms. The van der Waals surface area contributed by atoms with E-state index in [4.69, 9.17) is 0 Å². The summed E-state index contributed by atoms with van der Waals surface area (Å²) in [5, 5.41) is 6.62. The topological polar surface area (TPSA) is 44.4 Å². The molecule has 1 atom stereocenters. The maximum absolute atomic E-state index is 12.8. The molecule has 1 aliphatic carbocycles. The summed E-state index contributed by atoms with van der Waals surface area (Å²) < 4.78 is 0. The third-order valence-electron chi connectivity index (χ3n) is 5.27. The third-order valence-corrected chi connectivity index (χ3v) is 5.27. The lowest BCUT2D eigenvalue weighted by molar-refractivity contribution is 0.0933. The molecule has 0 saturated carbocycles. The minimum Gasteiger partial charge on any atom is -0.369 e. The smallest absolute Gasteiger partial charge is 0.251 e. The van der Waals surface area contributed by atoms with Crippen molar-refractivity contribution in [1.82, 2.24) is 10.6 Å². The molecule has 0 radical (unpaired) electrons. The van der Waals surface area contributed by atoms with Crippen LogP contribution < -0.4 is 15.5 Å². The largest absolute Gasteiger partial charge is 0.369 e. The summed E-state index contributed by atoms with van der Waals surface area (Å²) in [6.07, 6.45) is 3.25. The van der Waals surface area contributed by atoms with Gasteiger partial charge >= 0.3 is 0 Å². The molecule has 1 amide bonds. The van der Waals surface area contributed by atoms with E-state index in [0.717, 1.165) is 56.7 Å². The molecule has 130 valence electrons. The van der Waals surface area contributed by atoms with Crippen LogP contribution in [0.4, 0.5) is 5.69 Å². The van der Waals surface area contributed by atoms with Crippen molar-refractivity contribution in [2.45, 2.75) is 25.3 Å². The van der Waals surface area contributed by atoms with Gasteiger partial charge in [0.05, 0.1) is 6.04 Å². The normalized spacial score (nSPS) is 20.0. The predicted molar refractivity (Wildman–Crippen MR) is 101 cm³/mol. The van der Waals surface area contributed by atoms with E-state index in [1.165, 1.54) is 11.1 Å². The zero-order valence-corrected chi connectivity index (χ0v) is 14.5. The fraction of sp³-hybridized carbons (Fsp3) is 0.381. The number of fused-ring (bicyclic) bond motifs is 1. The van der Waals surface area contributed by atoms with Crippen LogP contribution >= 0.6 is 0 Å². The van der Waals surface area contributed by atoms with E-state index >= 15 is 0 Å². The van der Waals surface area contributed by atoms with Crippen LogP contribution in [0.1, 0.15) is 40.4 Å². The summed E-state index contributed by atoms with van der Waals surface area (Å²) in [5.74, 6) is 0.0266. The number of hydrogen-bond acceptors (Lipinski definition) is 3. The molecule has 4 nitrogen and oxygen atoms in total. The van der Waals surface area contributed by atoms with Crippen molar-refractivity contribution in [3.8, 4) is 0 Å². The number of benzene rings is 2. The Bertz CT molecular complexity index is 752. The van der Waals surface area contributed by atoms with Crippen LogP contribution in [-0.2, 0) is 6.42 Å². The number of nitrogens with zero attached hydrogens (tertiary/aromatic N) is 1. The molecule has 4 rings (SSSR count). The summed E-state index contributed by atoms with van der Waals surface area (Å²) in [4.78, 5) is 15.2. The van der Waals surface area contributed by atoms with E-state index in [1.54, 1.807) is 0 Å². The quantitative estimate of drug-likeness (QED) is 0.906. The molecule has 1 aliphatic heterocycles. The third kappa shape index (κ3) is 3.54. The van der Waals surface area contributed by atoms with Crippen molar-refractivity contribution in [2.75, 3.05) is 31.1 Å². The highest BCUT2D eigenvalue weighted by Crippen LogP contribution is 2.29. The van der Waals surface area contributed by atoms with Crippen molar-refractivity contribution in [1.29, 1.82) is 0 Å². The van der Waals surface area contributed by atoms with Gasteiger partial charge < -0.3 is 15.5 Å². The van der Waals surface area contributed by atoms with Gasteiger partial charge in [0, 0.05) is 37.4 Å². The maximum atomic E-state index is 12.8. The average Bonchev–Trinajstić information content (AvgIpc) is 2.69. The van der Waals surface area contributed by atoms with Crippen molar-refractivity contribution in [3.05, 3.63) is 65.2 Å². The van der Waals surface area contributed by atoms with Gasteiger partial charge in [-0.2, -0.15) is 0 Å². The molecule has 0 spiro atoms. The molecule has 0 unspecified atom stereocenters. The van der Waals surface area contributed by atoms with Crippen LogP contribution in [0, 0.1) is 0 Å². The van der Waals surface area contributed by atoms with Gasteiger partial charge in [-0.15, -0.1) is 0 Å². The Hall–Kier alpha value is -2.33. The summed E-state index contributed by atoms with van der Waals surface area (Å²) in [7, 11) is 0. The van der Waals surface area contributed by atoms with E-state index in [1.807, 2.05) is 18.2 Å². The van der Waals surface area contributed by atoms with E-state index in [9.17, 15) is 4.79 Å². The Morgan fingerprint density at radius 2 is 1.92 bits per heavy atom. The Labute approximate surface area is 149 Å². The van der Waals surface area contributed by atoms with Crippen molar-refractivity contribution in [2.24, 2.45) is 0 Å². The van der Waals surface area contributed by atoms with Crippen LogP contribution in [-0.4, -0.2) is 32.1 Å². The maximum Gasteiger partial charge on any atom is 0.251 e. The summed E-state index contributed by atoms with van der Waals surface area (Å²) in [5.41, 5.74) is 4.53. The van der Waals surface area contributed by atoms with Crippen LogP contribution in [0.2, 0.25) is 0 Å². The Balaban J connectivity index is 1.50. The van der Waals surface area contributed by atoms with E-state index in [-0.39, 0.29) is 11.9 Å². The lowest BCUT2D eigenvalue weighted by Gasteiger charge is -2.30. The second-order valence-corrected chi connectivity index (χ2v) is 6.90. The highest BCUT2D eigenvalue weighted by atomic mass is 16.1. The van der Waals surface area contributed by atoms with Crippen LogP contribution in [0.5, 0.6) is 0 Å². The van der Waals surface area contributed by atoms with E-state index in [2.05, 4.69) is 45.9 Å². The van der Waals surface area contributed by atoms with Crippen LogP contribution in [0.15, 0.2) is 48.5 Å². The van der Waals surface area contributed by atoms with Crippen molar-refractivity contribution >= 4 is 11.6 Å². The van der Waals surface area contributed by atoms with Gasteiger partial charge in [0.2, 0.25) is 0 Å². The number of amides is 1. The van der Waals surface area contributed by atoms with Gasteiger partial charge in [-0.1, -0.05) is 30.3 Å². The lowest BCUT2D eigenvalue weighted by Crippen LogP contribution is -2.43. The van der Waals surface area contributed by atoms with Gasteiger partial charge in [0.15, 0.2) is 0 Å². The number of hydrogen-bond donors (Lipinski definition) is 2. The van der Waals surface area contributed by atoms with Crippen LogP contribution in [0.25, 0.3) is 0 Å².